The lowest BCUT2D eigenvalue weighted by atomic mass is 10.1. The summed E-state index contributed by atoms with van der Waals surface area (Å²) in [6, 6.07) is 2.26. The van der Waals surface area contributed by atoms with Crippen LogP contribution < -0.4 is 5.73 Å². The Balaban J connectivity index is 2.47. The second kappa shape index (κ2) is 2.31. The molecule has 11 heavy (non-hydrogen) atoms. The van der Waals surface area contributed by atoms with Crippen LogP contribution in [0, 0.1) is 5.92 Å². The van der Waals surface area contributed by atoms with Gasteiger partial charge in [0.15, 0.2) is 0 Å². The van der Waals surface area contributed by atoms with Crippen molar-refractivity contribution in [1.29, 1.82) is 0 Å². The molecule has 2 heteroatoms. The molecule has 0 radical (unpaired) electrons. The molecule has 0 spiro atoms. The fourth-order valence-corrected chi connectivity index (χ4v) is 1.71. The zero-order valence-electron chi connectivity index (χ0n) is 6.62. The highest BCUT2D eigenvalue weighted by Gasteiger charge is 2.25. The van der Waals surface area contributed by atoms with Crippen LogP contribution in [0.2, 0.25) is 0 Å². The predicted molar refractivity (Wildman–Crippen MR) is 44.0 cm³/mol. The molecule has 1 heterocycles. The summed E-state index contributed by atoms with van der Waals surface area (Å²) < 4.78 is 0. The first-order valence-electron chi connectivity index (χ1n) is 3.97. The van der Waals surface area contributed by atoms with Crippen LogP contribution in [0.5, 0.6) is 0 Å². The summed E-state index contributed by atoms with van der Waals surface area (Å²) in [5.74, 6) is 0.578. The average molecular weight is 148 g/mol. The van der Waals surface area contributed by atoms with Gasteiger partial charge in [-0.2, -0.15) is 0 Å². The number of hydrogen-bond acceptors (Lipinski definition) is 2. The van der Waals surface area contributed by atoms with Gasteiger partial charge in [0.1, 0.15) is 0 Å². The van der Waals surface area contributed by atoms with Crippen LogP contribution in [-0.4, -0.2) is 4.98 Å². The Hall–Kier alpha value is -0.890. The zero-order chi connectivity index (χ0) is 7.84. The third kappa shape index (κ3) is 0.942. The molecule has 2 atom stereocenters. The Labute approximate surface area is 66.4 Å². The zero-order valence-corrected chi connectivity index (χ0v) is 6.62. The molecule has 58 valence electrons. The molecule has 0 bridgehead atoms. The van der Waals surface area contributed by atoms with E-state index in [1.807, 2.05) is 18.5 Å². The molecule has 0 saturated heterocycles. The molecule has 2 N–H and O–H groups in total. The maximum atomic E-state index is 5.96. The molecule has 2 nitrogen and oxygen atoms in total. The van der Waals surface area contributed by atoms with Crippen molar-refractivity contribution < 1.29 is 0 Å². The van der Waals surface area contributed by atoms with Crippen molar-refractivity contribution in [2.75, 3.05) is 0 Å². The van der Waals surface area contributed by atoms with Crippen molar-refractivity contribution >= 4 is 0 Å². The maximum absolute atomic E-state index is 5.96. The standard InChI is InChI=1S/C9H12N2/c1-6-4-7-5-11-3-2-8(7)9(6)10/h2-3,5-6,9H,4,10H2,1H3. The van der Waals surface area contributed by atoms with Gasteiger partial charge in [-0.3, -0.25) is 4.98 Å². The Morgan fingerprint density at radius 3 is 3.18 bits per heavy atom. The Morgan fingerprint density at radius 1 is 1.64 bits per heavy atom. The first-order valence-corrected chi connectivity index (χ1v) is 3.97. The molecule has 0 amide bonds. The van der Waals surface area contributed by atoms with E-state index < -0.39 is 0 Å². The van der Waals surface area contributed by atoms with Gasteiger partial charge in [0.2, 0.25) is 0 Å². The first kappa shape index (κ1) is 6.80. The molecule has 1 aliphatic carbocycles. The van der Waals surface area contributed by atoms with Crippen LogP contribution >= 0.6 is 0 Å². The SMILES string of the molecule is CC1Cc2cnccc2C1N. The van der Waals surface area contributed by atoms with Crippen LogP contribution in [-0.2, 0) is 6.42 Å². The lowest BCUT2D eigenvalue weighted by molar-refractivity contribution is 0.513. The summed E-state index contributed by atoms with van der Waals surface area (Å²) in [7, 11) is 0. The molecule has 1 aromatic rings. The molecule has 0 saturated carbocycles. The smallest absolute Gasteiger partial charge is 0.0327 e. The minimum Gasteiger partial charge on any atom is -0.324 e. The van der Waals surface area contributed by atoms with Crippen molar-refractivity contribution in [3.05, 3.63) is 29.6 Å². The van der Waals surface area contributed by atoms with E-state index in [1.165, 1.54) is 11.1 Å². The normalized spacial score (nSPS) is 28.5. The minimum absolute atomic E-state index is 0.230. The predicted octanol–water partition coefficient (Wildman–Crippen LogP) is 1.27. The highest BCUT2D eigenvalue weighted by molar-refractivity contribution is 5.32. The van der Waals surface area contributed by atoms with Gasteiger partial charge < -0.3 is 5.73 Å². The van der Waals surface area contributed by atoms with E-state index in [-0.39, 0.29) is 6.04 Å². The number of fused-ring (bicyclic) bond motifs is 1. The van der Waals surface area contributed by atoms with E-state index in [1.54, 1.807) is 0 Å². The van der Waals surface area contributed by atoms with Gasteiger partial charge in [0.25, 0.3) is 0 Å². The van der Waals surface area contributed by atoms with Crippen LogP contribution in [0.25, 0.3) is 0 Å². The molecule has 2 unspecified atom stereocenters. The van der Waals surface area contributed by atoms with Crippen LogP contribution in [0.3, 0.4) is 0 Å². The average Bonchev–Trinajstić information content (AvgIpc) is 2.30. The number of nitrogens with two attached hydrogens (primary N) is 1. The van der Waals surface area contributed by atoms with Crippen LogP contribution in [0.1, 0.15) is 24.1 Å². The van der Waals surface area contributed by atoms with Crippen LogP contribution in [0.4, 0.5) is 0 Å². The van der Waals surface area contributed by atoms with E-state index in [2.05, 4.69) is 11.9 Å². The number of hydrogen-bond donors (Lipinski definition) is 1. The van der Waals surface area contributed by atoms with Gasteiger partial charge in [0.05, 0.1) is 0 Å². The van der Waals surface area contributed by atoms with E-state index in [0.717, 1.165) is 6.42 Å². The Kier molecular flexibility index (Phi) is 1.43. The Morgan fingerprint density at radius 2 is 2.45 bits per heavy atom. The summed E-state index contributed by atoms with van der Waals surface area (Å²) >= 11 is 0. The second-order valence-corrected chi connectivity index (χ2v) is 3.28. The number of pyridine rings is 1. The molecule has 1 aromatic heterocycles. The van der Waals surface area contributed by atoms with Gasteiger partial charge >= 0.3 is 0 Å². The highest BCUT2D eigenvalue weighted by atomic mass is 14.7. The summed E-state index contributed by atoms with van der Waals surface area (Å²) in [4.78, 5) is 4.07. The Bertz CT molecular complexity index is 270. The molecule has 0 aliphatic heterocycles. The third-order valence-corrected chi connectivity index (χ3v) is 2.46. The lowest BCUT2D eigenvalue weighted by Crippen LogP contribution is -2.13. The van der Waals surface area contributed by atoms with Crippen LogP contribution in [0.15, 0.2) is 18.5 Å². The van der Waals surface area contributed by atoms with E-state index >= 15 is 0 Å². The fourth-order valence-electron chi connectivity index (χ4n) is 1.71. The van der Waals surface area contributed by atoms with Gasteiger partial charge in [-0.15, -0.1) is 0 Å². The van der Waals surface area contributed by atoms with E-state index in [4.69, 9.17) is 5.73 Å². The molecule has 1 aliphatic rings. The summed E-state index contributed by atoms with van der Waals surface area (Å²) in [6.07, 6.45) is 4.83. The lowest BCUT2D eigenvalue weighted by Gasteiger charge is -2.08. The first-order chi connectivity index (χ1) is 5.29. The molecular weight excluding hydrogens is 136 g/mol. The van der Waals surface area contributed by atoms with E-state index in [0.29, 0.717) is 5.92 Å². The summed E-state index contributed by atoms with van der Waals surface area (Å²) in [6.45, 7) is 2.19. The molecular formula is C9H12N2. The number of aromatic nitrogens is 1. The minimum atomic E-state index is 0.230. The molecule has 2 rings (SSSR count). The van der Waals surface area contributed by atoms with Crippen molar-refractivity contribution in [3.63, 3.8) is 0 Å². The second-order valence-electron chi connectivity index (χ2n) is 3.28. The number of rotatable bonds is 0. The van der Waals surface area contributed by atoms with E-state index in [9.17, 15) is 0 Å². The third-order valence-electron chi connectivity index (χ3n) is 2.46. The summed E-state index contributed by atoms with van der Waals surface area (Å²) in [5.41, 5.74) is 8.57. The quantitative estimate of drug-likeness (QED) is 0.601. The van der Waals surface area contributed by atoms with Gasteiger partial charge in [0, 0.05) is 18.4 Å². The number of nitrogens with zero attached hydrogens (tertiary/aromatic N) is 1. The molecule has 0 fully saturated rings. The molecule has 0 aromatic carbocycles. The highest BCUT2D eigenvalue weighted by Crippen LogP contribution is 2.32. The van der Waals surface area contributed by atoms with Gasteiger partial charge in [-0.05, 0) is 29.5 Å². The van der Waals surface area contributed by atoms with Crippen molar-refractivity contribution in [2.45, 2.75) is 19.4 Å². The monoisotopic (exact) mass is 148 g/mol. The van der Waals surface area contributed by atoms with Gasteiger partial charge in [-0.1, -0.05) is 6.92 Å². The maximum Gasteiger partial charge on any atom is 0.0327 e. The van der Waals surface area contributed by atoms with Crippen molar-refractivity contribution in [2.24, 2.45) is 11.7 Å². The van der Waals surface area contributed by atoms with Crippen molar-refractivity contribution in [1.82, 2.24) is 4.98 Å². The topological polar surface area (TPSA) is 38.9 Å². The van der Waals surface area contributed by atoms with Gasteiger partial charge in [-0.25, -0.2) is 0 Å². The fraction of sp³-hybridized carbons (Fsp3) is 0.444. The van der Waals surface area contributed by atoms with Crippen molar-refractivity contribution in [3.8, 4) is 0 Å². The largest absolute Gasteiger partial charge is 0.324 e. The summed E-state index contributed by atoms with van der Waals surface area (Å²) in [5, 5.41) is 0.